The van der Waals surface area contributed by atoms with Crippen molar-refractivity contribution in [1.29, 1.82) is 0 Å². The molecule has 3 saturated heterocycles. The van der Waals surface area contributed by atoms with Crippen LogP contribution < -0.4 is 0 Å². The van der Waals surface area contributed by atoms with Crippen LogP contribution in [0.25, 0.3) is 0 Å². The Bertz CT molecular complexity index is 857. The third-order valence-corrected chi connectivity index (χ3v) is 5.89. The molecule has 3 aliphatic heterocycles. The molecular formula is C18H20N3NaO7S. The van der Waals surface area contributed by atoms with Gasteiger partial charge in [0.2, 0.25) is 11.8 Å². The number of carbonyl (C=O) groups excluding carboxylic acids is 4. The Morgan fingerprint density at radius 1 is 1.27 bits per heavy atom. The van der Waals surface area contributed by atoms with E-state index in [9.17, 15) is 19.2 Å². The summed E-state index contributed by atoms with van der Waals surface area (Å²) in [5.41, 5.74) is -1.28. The average Bonchev–Trinajstić information content (AvgIpc) is 3.43. The maximum atomic E-state index is 13.5. The number of nitrogens with zero attached hydrogens (tertiary/aromatic N) is 3. The standard InChI is InChI=1S/C18H19N3O7S.Na.H/c1-29-21(11-10-26-20(16(11)24)13-5-6-14(22)27-13)17(25)18(8-7-15(23)28-18)12-4-2-3-9-19-12;;/h2-4,9,11,13H,5-8,10H2,1H3;;/t11-,13?,18?;;/m0../s1. The number of carbonyl (C=O) groups is 4. The van der Waals surface area contributed by atoms with Crippen LogP contribution in [0.1, 0.15) is 31.4 Å². The van der Waals surface area contributed by atoms with Gasteiger partial charge in [0.15, 0.2) is 6.04 Å². The van der Waals surface area contributed by atoms with Crippen LogP contribution in [0, 0.1) is 0 Å². The molecule has 2 unspecified atom stereocenters. The van der Waals surface area contributed by atoms with E-state index in [0.29, 0.717) is 12.1 Å². The molecule has 0 spiro atoms. The summed E-state index contributed by atoms with van der Waals surface area (Å²) in [6, 6.07) is 4.07. The molecule has 0 N–H and O–H groups in total. The van der Waals surface area contributed by atoms with E-state index in [0.717, 1.165) is 17.0 Å². The second-order valence-corrected chi connectivity index (χ2v) is 7.55. The molecule has 1 aromatic rings. The van der Waals surface area contributed by atoms with Gasteiger partial charge in [-0.15, -0.1) is 0 Å². The number of amides is 2. The molecule has 2 amide bonds. The predicted molar refractivity (Wildman–Crippen MR) is 104 cm³/mol. The van der Waals surface area contributed by atoms with Crippen molar-refractivity contribution in [3.63, 3.8) is 0 Å². The van der Waals surface area contributed by atoms with Gasteiger partial charge < -0.3 is 9.47 Å². The van der Waals surface area contributed by atoms with Crippen molar-refractivity contribution in [2.45, 2.75) is 43.6 Å². The van der Waals surface area contributed by atoms with Gasteiger partial charge in [0.25, 0.3) is 11.8 Å². The summed E-state index contributed by atoms with van der Waals surface area (Å²) in [6.45, 7) is -0.0916. The Balaban J connectivity index is 0.00000256. The van der Waals surface area contributed by atoms with E-state index < -0.39 is 41.6 Å². The molecule has 1 aromatic heterocycles. The van der Waals surface area contributed by atoms with Crippen LogP contribution >= 0.6 is 11.9 Å². The van der Waals surface area contributed by atoms with E-state index in [4.69, 9.17) is 14.3 Å². The fraction of sp³-hybridized carbons (Fsp3) is 0.500. The Labute approximate surface area is 199 Å². The fourth-order valence-corrected chi connectivity index (χ4v) is 4.37. The summed E-state index contributed by atoms with van der Waals surface area (Å²) in [5.74, 6) is -1.95. The van der Waals surface area contributed by atoms with Gasteiger partial charge in [-0.25, -0.2) is 0 Å². The first-order chi connectivity index (χ1) is 14.0. The number of aromatic nitrogens is 1. The van der Waals surface area contributed by atoms with E-state index >= 15 is 0 Å². The SMILES string of the molecule is CSN(C(=O)C1(c2ccccn2)CCC(=O)O1)[C@H]1CON(C2CCC(=O)O2)C1=O.[NaH]. The number of hydrogen-bond donors (Lipinski definition) is 0. The number of hydrogen-bond acceptors (Lipinski definition) is 9. The van der Waals surface area contributed by atoms with Crippen LogP contribution in [0.3, 0.4) is 0 Å². The normalized spacial score (nSPS) is 28.2. The Morgan fingerprint density at radius 2 is 2.07 bits per heavy atom. The molecule has 3 atom stereocenters. The van der Waals surface area contributed by atoms with Crippen molar-refractivity contribution in [3.8, 4) is 0 Å². The number of pyridine rings is 1. The van der Waals surface area contributed by atoms with Crippen LogP contribution in [-0.4, -0.2) is 92.8 Å². The Kier molecular flexibility index (Phi) is 7.08. The first-order valence-corrected chi connectivity index (χ1v) is 10.3. The molecule has 0 radical (unpaired) electrons. The molecule has 0 saturated carbocycles. The second kappa shape index (κ2) is 9.23. The van der Waals surface area contributed by atoms with Gasteiger partial charge in [0, 0.05) is 25.3 Å². The molecule has 30 heavy (non-hydrogen) atoms. The Hall–Kier alpha value is -1.66. The van der Waals surface area contributed by atoms with Crippen molar-refractivity contribution >= 4 is 65.3 Å². The summed E-state index contributed by atoms with van der Waals surface area (Å²) in [5, 5.41) is 1.01. The van der Waals surface area contributed by atoms with Crippen molar-refractivity contribution in [2.24, 2.45) is 0 Å². The van der Waals surface area contributed by atoms with Gasteiger partial charge in [0.05, 0.1) is 18.5 Å². The topological polar surface area (TPSA) is 115 Å². The van der Waals surface area contributed by atoms with Crippen molar-refractivity contribution in [2.75, 3.05) is 12.9 Å². The van der Waals surface area contributed by atoms with Gasteiger partial charge in [-0.3, -0.25) is 33.3 Å². The van der Waals surface area contributed by atoms with Crippen LogP contribution in [0.4, 0.5) is 0 Å². The van der Waals surface area contributed by atoms with Crippen LogP contribution in [-0.2, 0) is 39.1 Å². The minimum atomic E-state index is -1.59. The Morgan fingerprint density at radius 3 is 2.63 bits per heavy atom. The number of ether oxygens (including phenoxy) is 2. The third-order valence-electron chi connectivity index (χ3n) is 5.07. The van der Waals surface area contributed by atoms with E-state index in [1.807, 2.05) is 0 Å². The molecule has 156 valence electrons. The molecule has 3 fully saturated rings. The molecule has 12 heteroatoms. The summed E-state index contributed by atoms with van der Waals surface area (Å²) in [4.78, 5) is 59.4. The molecule has 4 heterocycles. The first-order valence-electron chi connectivity index (χ1n) is 9.13. The van der Waals surface area contributed by atoms with E-state index in [-0.39, 0.29) is 55.4 Å². The zero-order valence-corrected chi connectivity index (χ0v) is 16.4. The summed E-state index contributed by atoms with van der Waals surface area (Å²) >= 11 is 1.03. The first kappa shape index (κ1) is 23.0. The van der Waals surface area contributed by atoms with Crippen molar-refractivity contribution in [1.82, 2.24) is 14.4 Å². The van der Waals surface area contributed by atoms with E-state index in [1.165, 1.54) is 10.5 Å². The monoisotopic (exact) mass is 445 g/mol. The van der Waals surface area contributed by atoms with Crippen LogP contribution in [0.2, 0.25) is 0 Å². The molecule has 4 rings (SSSR count). The van der Waals surface area contributed by atoms with Gasteiger partial charge in [0.1, 0.15) is 6.61 Å². The van der Waals surface area contributed by atoms with E-state index in [1.54, 1.807) is 24.5 Å². The molecule has 0 bridgehead atoms. The molecule has 3 aliphatic rings. The number of hydroxylamine groups is 2. The van der Waals surface area contributed by atoms with Crippen molar-refractivity contribution in [3.05, 3.63) is 30.1 Å². The maximum absolute atomic E-state index is 13.5. The zero-order valence-electron chi connectivity index (χ0n) is 15.6. The summed E-state index contributed by atoms with van der Waals surface area (Å²) in [6.07, 6.45) is 3.10. The average molecular weight is 445 g/mol. The van der Waals surface area contributed by atoms with Crippen LogP contribution in [0.15, 0.2) is 24.4 Å². The predicted octanol–water partition coefficient (Wildman–Crippen LogP) is -0.123. The number of rotatable bonds is 5. The summed E-state index contributed by atoms with van der Waals surface area (Å²) < 4.78 is 11.8. The quantitative estimate of drug-likeness (QED) is 0.347. The summed E-state index contributed by atoms with van der Waals surface area (Å²) in [7, 11) is 0. The fourth-order valence-electron chi connectivity index (χ4n) is 3.65. The number of cyclic esters (lactones) is 2. The van der Waals surface area contributed by atoms with Crippen molar-refractivity contribution < 1.29 is 33.5 Å². The molecule has 0 aliphatic carbocycles. The number of esters is 2. The van der Waals surface area contributed by atoms with Gasteiger partial charge >= 0.3 is 41.5 Å². The second-order valence-electron chi connectivity index (χ2n) is 6.79. The van der Waals surface area contributed by atoms with Gasteiger partial charge in [-0.05, 0) is 24.1 Å². The van der Waals surface area contributed by atoms with Crippen LogP contribution in [0.5, 0.6) is 0 Å². The molecule has 10 nitrogen and oxygen atoms in total. The minimum absolute atomic E-state index is 0. The molecule has 0 aromatic carbocycles. The molecular weight excluding hydrogens is 425 g/mol. The van der Waals surface area contributed by atoms with Gasteiger partial charge in [-0.1, -0.05) is 6.07 Å². The zero-order chi connectivity index (χ0) is 20.6. The van der Waals surface area contributed by atoms with E-state index in [2.05, 4.69) is 4.98 Å². The van der Waals surface area contributed by atoms with Gasteiger partial charge in [-0.2, -0.15) is 5.06 Å². The third kappa shape index (κ3) is 3.96.